The Bertz CT molecular complexity index is 953. The summed E-state index contributed by atoms with van der Waals surface area (Å²) in [6, 6.07) is 13.1. The van der Waals surface area contributed by atoms with Gasteiger partial charge in [0.05, 0.1) is 4.88 Å². The summed E-state index contributed by atoms with van der Waals surface area (Å²) in [7, 11) is 0. The van der Waals surface area contributed by atoms with Crippen LogP contribution < -0.4 is 15.6 Å². The van der Waals surface area contributed by atoms with Crippen molar-refractivity contribution in [3.63, 3.8) is 0 Å². The average molecular weight is 372 g/mol. The van der Waals surface area contributed by atoms with E-state index in [1.165, 1.54) is 42.5 Å². The van der Waals surface area contributed by atoms with Crippen molar-refractivity contribution in [1.29, 1.82) is 0 Å². The van der Waals surface area contributed by atoms with E-state index in [-0.39, 0.29) is 11.7 Å². The number of halogens is 1. The highest BCUT2D eigenvalue weighted by Gasteiger charge is 2.18. The number of fused-ring (bicyclic) bond motifs is 1. The lowest BCUT2D eigenvalue weighted by Crippen LogP contribution is -2.47. The number of thiophene rings is 1. The van der Waals surface area contributed by atoms with E-state index in [0.717, 1.165) is 15.6 Å². The summed E-state index contributed by atoms with van der Waals surface area (Å²) in [4.78, 5) is 25.0. The van der Waals surface area contributed by atoms with Crippen molar-refractivity contribution in [2.45, 2.75) is 20.0 Å². The number of hydrazine groups is 1. The first-order valence-corrected chi connectivity index (χ1v) is 8.78. The summed E-state index contributed by atoms with van der Waals surface area (Å²) < 4.78 is 19.3. The van der Waals surface area contributed by atoms with Crippen LogP contribution in [-0.2, 0) is 4.79 Å². The number of hydrogen-bond acceptors (Lipinski definition) is 4. The largest absolute Gasteiger partial charge is 0.481 e. The normalized spacial score (nSPS) is 11.8. The lowest BCUT2D eigenvalue weighted by Gasteiger charge is -2.15. The van der Waals surface area contributed by atoms with Crippen LogP contribution in [0.25, 0.3) is 10.1 Å². The molecule has 2 aromatic carbocycles. The number of ether oxygens (including phenoxy) is 1. The van der Waals surface area contributed by atoms with E-state index in [1.807, 2.05) is 31.2 Å². The van der Waals surface area contributed by atoms with Gasteiger partial charge in [0.1, 0.15) is 11.6 Å². The summed E-state index contributed by atoms with van der Waals surface area (Å²) in [5.41, 5.74) is 5.63. The van der Waals surface area contributed by atoms with Crippen molar-refractivity contribution in [2.24, 2.45) is 0 Å². The minimum absolute atomic E-state index is 0.362. The van der Waals surface area contributed by atoms with Crippen LogP contribution >= 0.6 is 11.3 Å². The fourth-order valence-electron chi connectivity index (χ4n) is 2.44. The predicted molar refractivity (Wildman–Crippen MR) is 98.7 cm³/mol. The zero-order valence-electron chi connectivity index (χ0n) is 14.2. The van der Waals surface area contributed by atoms with Gasteiger partial charge in [-0.15, -0.1) is 11.3 Å². The molecule has 134 valence electrons. The second-order valence-corrected chi connectivity index (χ2v) is 6.76. The molecule has 0 unspecified atom stereocenters. The molecule has 0 saturated carbocycles. The summed E-state index contributed by atoms with van der Waals surface area (Å²) in [6.07, 6.45) is -0.857. The average Bonchev–Trinajstić information content (AvgIpc) is 2.98. The van der Waals surface area contributed by atoms with Crippen LogP contribution in [0.1, 0.15) is 22.2 Å². The first-order chi connectivity index (χ1) is 12.5. The van der Waals surface area contributed by atoms with Gasteiger partial charge in [-0.05, 0) is 55.1 Å². The Kier molecular flexibility index (Phi) is 5.18. The highest BCUT2D eigenvalue weighted by molar-refractivity contribution is 7.21. The molecular formula is C19H17FN2O3S. The van der Waals surface area contributed by atoms with Crippen LogP contribution in [-0.4, -0.2) is 17.9 Å². The Morgan fingerprint density at radius 2 is 1.77 bits per heavy atom. The fourth-order valence-corrected chi connectivity index (χ4v) is 3.54. The van der Waals surface area contributed by atoms with Crippen LogP contribution in [0.4, 0.5) is 4.39 Å². The van der Waals surface area contributed by atoms with Crippen LogP contribution in [0, 0.1) is 12.7 Å². The van der Waals surface area contributed by atoms with E-state index in [0.29, 0.717) is 10.6 Å². The first-order valence-electron chi connectivity index (χ1n) is 7.96. The smallest absolute Gasteiger partial charge is 0.280 e. The highest BCUT2D eigenvalue weighted by Crippen LogP contribution is 2.30. The minimum Gasteiger partial charge on any atom is -0.481 e. The van der Waals surface area contributed by atoms with E-state index >= 15 is 0 Å². The van der Waals surface area contributed by atoms with Crippen LogP contribution in [0.3, 0.4) is 0 Å². The third-order valence-electron chi connectivity index (χ3n) is 3.84. The van der Waals surface area contributed by atoms with Crippen molar-refractivity contribution < 1.29 is 18.7 Å². The Morgan fingerprint density at radius 3 is 2.46 bits per heavy atom. The fraction of sp³-hybridized carbons (Fsp3) is 0.158. The Labute approximate surface area is 153 Å². The van der Waals surface area contributed by atoms with Crippen LogP contribution in [0.5, 0.6) is 5.75 Å². The predicted octanol–water partition coefficient (Wildman–Crippen LogP) is 3.58. The number of benzene rings is 2. The highest BCUT2D eigenvalue weighted by atomic mass is 32.1. The van der Waals surface area contributed by atoms with E-state index in [2.05, 4.69) is 10.9 Å². The maximum atomic E-state index is 12.9. The van der Waals surface area contributed by atoms with E-state index in [9.17, 15) is 14.0 Å². The molecule has 2 amide bonds. The molecule has 0 fully saturated rings. The van der Waals surface area contributed by atoms with E-state index in [4.69, 9.17) is 4.74 Å². The number of rotatable bonds is 4. The molecule has 0 saturated heterocycles. The minimum atomic E-state index is -0.857. The second kappa shape index (κ2) is 7.53. The molecule has 0 aliphatic rings. The third kappa shape index (κ3) is 3.83. The van der Waals surface area contributed by atoms with Gasteiger partial charge in [-0.1, -0.05) is 18.2 Å². The lowest BCUT2D eigenvalue weighted by molar-refractivity contribution is -0.128. The number of nitrogens with one attached hydrogen (secondary N) is 2. The van der Waals surface area contributed by atoms with Crippen molar-refractivity contribution >= 4 is 33.2 Å². The Hall–Kier alpha value is -2.93. The van der Waals surface area contributed by atoms with Crippen LogP contribution in [0.2, 0.25) is 0 Å². The van der Waals surface area contributed by atoms with Crippen molar-refractivity contribution in [3.05, 3.63) is 64.8 Å². The number of amides is 2. The number of hydrogen-bond donors (Lipinski definition) is 2. The van der Waals surface area contributed by atoms with Gasteiger partial charge in [-0.3, -0.25) is 20.4 Å². The molecule has 0 bridgehead atoms. The maximum Gasteiger partial charge on any atom is 0.280 e. The van der Waals surface area contributed by atoms with Gasteiger partial charge in [0, 0.05) is 4.70 Å². The monoisotopic (exact) mass is 372 g/mol. The van der Waals surface area contributed by atoms with Gasteiger partial charge in [0.2, 0.25) is 0 Å². The molecule has 3 rings (SSSR count). The van der Waals surface area contributed by atoms with Crippen molar-refractivity contribution in [1.82, 2.24) is 10.9 Å². The van der Waals surface area contributed by atoms with Gasteiger partial charge in [0.25, 0.3) is 11.8 Å². The summed E-state index contributed by atoms with van der Waals surface area (Å²) in [5, 5.41) is 1.02. The van der Waals surface area contributed by atoms with Gasteiger partial charge in [-0.25, -0.2) is 4.39 Å². The number of carbonyl (C=O) groups is 2. The maximum absolute atomic E-state index is 12.9. The van der Waals surface area contributed by atoms with E-state index < -0.39 is 12.0 Å². The zero-order chi connectivity index (χ0) is 18.7. The van der Waals surface area contributed by atoms with Gasteiger partial charge >= 0.3 is 0 Å². The molecule has 1 atom stereocenters. The SMILES string of the molecule is Cc1c(C(=O)NNC(=O)[C@@H](C)Oc2ccc(F)cc2)sc2ccccc12. The molecule has 5 nitrogen and oxygen atoms in total. The molecule has 3 aromatic rings. The zero-order valence-corrected chi connectivity index (χ0v) is 15.0. The Morgan fingerprint density at radius 1 is 1.08 bits per heavy atom. The molecule has 26 heavy (non-hydrogen) atoms. The molecule has 0 spiro atoms. The van der Waals surface area contributed by atoms with Crippen molar-refractivity contribution in [2.75, 3.05) is 0 Å². The molecular weight excluding hydrogens is 355 g/mol. The van der Waals surface area contributed by atoms with Crippen molar-refractivity contribution in [3.8, 4) is 5.75 Å². The third-order valence-corrected chi connectivity index (χ3v) is 5.12. The molecule has 7 heteroatoms. The van der Waals surface area contributed by atoms with Gasteiger partial charge in [0.15, 0.2) is 6.10 Å². The second-order valence-electron chi connectivity index (χ2n) is 5.71. The molecule has 2 N–H and O–H groups in total. The van der Waals surface area contributed by atoms with Crippen LogP contribution in [0.15, 0.2) is 48.5 Å². The number of aryl methyl sites for hydroxylation is 1. The molecule has 0 aliphatic heterocycles. The Balaban J connectivity index is 1.60. The summed E-state index contributed by atoms with van der Waals surface area (Å²) in [6.45, 7) is 3.41. The molecule has 0 radical (unpaired) electrons. The molecule has 0 aliphatic carbocycles. The summed E-state index contributed by atoms with van der Waals surface area (Å²) in [5.74, 6) is -0.923. The quantitative estimate of drug-likeness (QED) is 0.688. The molecule has 1 heterocycles. The van der Waals surface area contributed by atoms with E-state index in [1.54, 1.807) is 0 Å². The topological polar surface area (TPSA) is 67.4 Å². The molecule has 1 aromatic heterocycles. The first kappa shape index (κ1) is 17.9. The lowest BCUT2D eigenvalue weighted by atomic mass is 10.1. The summed E-state index contributed by atoms with van der Waals surface area (Å²) >= 11 is 1.37. The van der Waals surface area contributed by atoms with Gasteiger partial charge in [-0.2, -0.15) is 0 Å². The number of carbonyl (C=O) groups excluding carboxylic acids is 2. The van der Waals surface area contributed by atoms with Gasteiger partial charge < -0.3 is 4.74 Å². The standard InChI is InChI=1S/C19H17FN2O3S/c1-11-15-5-3-4-6-16(15)26-17(11)19(24)22-21-18(23)12(2)25-14-9-7-13(20)8-10-14/h3-10,12H,1-2H3,(H,21,23)(H,22,24)/t12-/m1/s1.